The van der Waals surface area contributed by atoms with Gasteiger partial charge < -0.3 is 0 Å². The number of ketones is 1. The topological polar surface area (TPSA) is 54.5 Å². The van der Waals surface area contributed by atoms with Crippen molar-refractivity contribution in [3.05, 3.63) is 125 Å². The van der Waals surface area contributed by atoms with Crippen molar-refractivity contribution in [3.8, 4) is 11.1 Å². The van der Waals surface area contributed by atoms with Gasteiger partial charge in [0.15, 0.2) is 0 Å². The minimum absolute atomic E-state index is 0.102. The van der Waals surface area contributed by atoms with E-state index in [4.69, 9.17) is 0 Å². The SMILES string of the molecule is CC(=O)C12c3ccccc3C(c3ccccc31)[C@H]1C(=O)N(c3ccccc3-c3ccccc3)C(=O)[C@H]12. The molecule has 0 radical (unpaired) electrons. The number of para-hydroxylation sites is 1. The van der Waals surface area contributed by atoms with Crippen LogP contribution in [-0.2, 0) is 19.8 Å². The molecule has 0 unspecified atom stereocenters. The number of Topliss-reactive ketones (excluding diaryl/α,β-unsaturated/α-hetero) is 1. The number of hydrogen-bond donors (Lipinski definition) is 0. The van der Waals surface area contributed by atoms with Crippen molar-refractivity contribution in [3.63, 3.8) is 0 Å². The molecule has 8 rings (SSSR count). The number of nitrogens with zero attached hydrogens (tertiary/aromatic N) is 1. The number of rotatable bonds is 3. The Hall–Kier alpha value is -4.31. The molecular formula is C32H23NO3. The molecule has 1 aliphatic heterocycles. The first-order chi connectivity index (χ1) is 17.6. The number of amides is 2. The van der Waals surface area contributed by atoms with Gasteiger partial charge in [-0.15, -0.1) is 0 Å². The highest BCUT2D eigenvalue weighted by molar-refractivity contribution is 6.26. The number of anilines is 1. The van der Waals surface area contributed by atoms with Gasteiger partial charge in [0.25, 0.3) is 0 Å². The molecule has 4 nitrogen and oxygen atoms in total. The average molecular weight is 470 g/mol. The Labute approximate surface area is 209 Å². The van der Waals surface area contributed by atoms with Crippen LogP contribution < -0.4 is 4.90 Å². The number of hydrogen-bond acceptors (Lipinski definition) is 3. The normalized spacial score (nSPS) is 25.4. The molecule has 174 valence electrons. The fraction of sp³-hybridized carbons (Fsp3) is 0.156. The monoisotopic (exact) mass is 469 g/mol. The zero-order valence-corrected chi connectivity index (χ0v) is 19.7. The zero-order chi connectivity index (χ0) is 24.6. The molecule has 36 heavy (non-hydrogen) atoms. The highest BCUT2D eigenvalue weighted by atomic mass is 16.2. The molecule has 4 heteroatoms. The van der Waals surface area contributed by atoms with Gasteiger partial charge in [0.05, 0.1) is 22.9 Å². The smallest absolute Gasteiger partial charge is 0.239 e. The molecule has 0 saturated carbocycles. The molecular weight excluding hydrogens is 446 g/mol. The Kier molecular flexibility index (Phi) is 4.29. The van der Waals surface area contributed by atoms with Crippen molar-refractivity contribution in [2.75, 3.05) is 4.90 Å². The Morgan fingerprint density at radius 2 is 1.25 bits per heavy atom. The van der Waals surface area contributed by atoms with E-state index >= 15 is 0 Å². The first-order valence-electron chi connectivity index (χ1n) is 12.3. The Morgan fingerprint density at radius 3 is 1.89 bits per heavy atom. The Bertz CT molecular complexity index is 1540. The molecule has 2 bridgehead atoms. The van der Waals surface area contributed by atoms with Crippen LogP contribution in [0.3, 0.4) is 0 Å². The van der Waals surface area contributed by atoms with E-state index in [2.05, 4.69) is 0 Å². The maximum Gasteiger partial charge on any atom is 0.239 e. The number of carbonyl (C=O) groups is 3. The minimum atomic E-state index is -1.18. The third kappa shape index (κ3) is 2.41. The highest BCUT2D eigenvalue weighted by Crippen LogP contribution is 2.64. The summed E-state index contributed by atoms with van der Waals surface area (Å²) in [5.74, 6) is -2.30. The zero-order valence-electron chi connectivity index (χ0n) is 19.7. The molecule has 4 aromatic carbocycles. The fourth-order valence-corrected chi connectivity index (χ4v) is 7.14. The van der Waals surface area contributed by atoms with E-state index in [1.807, 2.05) is 103 Å². The summed E-state index contributed by atoms with van der Waals surface area (Å²) >= 11 is 0. The second kappa shape index (κ2) is 7.34. The van der Waals surface area contributed by atoms with E-state index < -0.39 is 17.3 Å². The summed E-state index contributed by atoms with van der Waals surface area (Å²) in [7, 11) is 0. The van der Waals surface area contributed by atoms with Crippen molar-refractivity contribution < 1.29 is 14.4 Å². The standard InChI is InChI=1S/C32H23NO3/c1-19(34)32-24-16-8-5-14-22(24)27(23-15-6-9-17-25(23)32)28-29(32)31(36)33(30(28)35)26-18-10-7-13-21(26)20-11-3-2-4-12-20/h2-18,27-29H,1H3/t27?,28-,29+,32?/m1/s1. The van der Waals surface area contributed by atoms with Crippen molar-refractivity contribution in [1.82, 2.24) is 0 Å². The summed E-state index contributed by atoms with van der Waals surface area (Å²) in [6, 6.07) is 33.0. The quantitative estimate of drug-likeness (QED) is 0.373. The summed E-state index contributed by atoms with van der Waals surface area (Å²) < 4.78 is 0. The third-order valence-corrected chi connectivity index (χ3v) is 8.40. The summed E-state index contributed by atoms with van der Waals surface area (Å²) in [6.07, 6.45) is 0. The van der Waals surface area contributed by atoms with Crippen LogP contribution in [-0.4, -0.2) is 17.6 Å². The first-order valence-corrected chi connectivity index (χ1v) is 12.3. The molecule has 1 fully saturated rings. The maximum absolute atomic E-state index is 14.4. The van der Waals surface area contributed by atoms with Gasteiger partial charge in [0, 0.05) is 11.5 Å². The van der Waals surface area contributed by atoms with Gasteiger partial charge in [0.2, 0.25) is 11.8 Å². The van der Waals surface area contributed by atoms with E-state index in [1.165, 1.54) is 4.90 Å². The van der Waals surface area contributed by atoms with Crippen molar-refractivity contribution in [2.45, 2.75) is 18.3 Å². The maximum atomic E-state index is 14.4. The largest absolute Gasteiger partial charge is 0.299 e. The average Bonchev–Trinajstić information content (AvgIpc) is 3.19. The Balaban J connectivity index is 1.50. The number of carbonyl (C=O) groups excluding carboxylic acids is 3. The van der Waals surface area contributed by atoms with Crippen LogP contribution in [0.5, 0.6) is 0 Å². The van der Waals surface area contributed by atoms with Crippen LogP contribution in [0.2, 0.25) is 0 Å². The van der Waals surface area contributed by atoms with Crippen molar-refractivity contribution >= 4 is 23.3 Å². The van der Waals surface area contributed by atoms with Crippen LogP contribution in [0.25, 0.3) is 11.1 Å². The predicted molar refractivity (Wildman–Crippen MR) is 138 cm³/mol. The van der Waals surface area contributed by atoms with Crippen molar-refractivity contribution in [2.24, 2.45) is 11.8 Å². The summed E-state index contributed by atoms with van der Waals surface area (Å²) in [5.41, 5.74) is 4.81. The lowest BCUT2D eigenvalue weighted by atomic mass is 9.46. The van der Waals surface area contributed by atoms with Crippen LogP contribution in [0.15, 0.2) is 103 Å². The van der Waals surface area contributed by atoms with Crippen LogP contribution in [0, 0.1) is 11.8 Å². The molecule has 0 aromatic heterocycles. The fourth-order valence-electron chi connectivity index (χ4n) is 7.14. The Morgan fingerprint density at radius 1 is 0.694 bits per heavy atom. The molecule has 0 spiro atoms. The van der Waals surface area contributed by atoms with Gasteiger partial charge in [-0.3, -0.25) is 14.4 Å². The summed E-state index contributed by atoms with van der Waals surface area (Å²) in [4.78, 5) is 43.8. The van der Waals surface area contributed by atoms with Crippen LogP contribution in [0.4, 0.5) is 5.69 Å². The molecule has 1 heterocycles. The van der Waals surface area contributed by atoms with Gasteiger partial charge in [-0.25, -0.2) is 4.90 Å². The molecule has 3 aliphatic carbocycles. The minimum Gasteiger partial charge on any atom is -0.299 e. The van der Waals surface area contributed by atoms with Crippen LogP contribution in [0.1, 0.15) is 35.1 Å². The highest BCUT2D eigenvalue weighted by Gasteiger charge is 2.70. The van der Waals surface area contributed by atoms with Crippen LogP contribution >= 0.6 is 0 Å². The van der Waals surface area contributed by atoms with Gasteiger partial charge in [0.1, 0.15) is 5.78 Å². The number of imide groups is 1. The van der Waals surface area contributed by atoms with Gasteiger partial charge in [-0.05, 0) is 40.8 Å². The van der Waals surface area contributed by atoms with E-state index in [-0.39, 0.29) is 23.5 Å². The lowest BCUT2D eigenvalue weighted by molar-refractivity contribution is -0.132. The molecule has 1 saturated heterocycles. The molecule has 2 amide bonds. The van der Waals surface area contributed by atoms with E-state index in [0.29, 0.717) is 5.69 Å². The van der Waals surface area contributed by atoms with Crippen molar-refractivity contribution in [1.29, 1.82) is 0 Å². The lowest BCUT2D eigenvalue weighted by Crippen LogP contribution is -2.57. The molecule has 4 aliphatic rings. The number of benzene rings is 4. The lowest BCUT2D eigenvalue weighted by Gasteiger charge is -2.52. The van der Waals surface area contributed by atoms with E-state index in [1.54, 1.807) is 6.92 Å². The predicted octanol–water partition coefficient (Wildman–Crippen LogP) is 5.49. The molecule has 0 N–H and O–H groups in total. The van der Waals surface area contributed by atoms with Gasteiger partial charge in [-0.1, -0.05) is 97.1 Å². The summed E-state index contributed by atoms with van der Waals surface area (Å²) in [6.45, 7) is 1.56. The second-order valence-corrected chi connectivity index (χ2v) is 9.91. The summed E-state index contributed by atoms with van der Waals surface area (Å²) in [5, 5.41) is 0. The van der Waals surface area contributed by atoms with E-state index in [0.717, 1.165) is 33.4 Å². The third-order valence-electron chi connectivity index (χ3n) is 8.40. The first kappa shape index (κ1) is 21.0. The van der Waals surface area contributed by atoms with E-state index in [9.17, 15) is 14.4 Å². The van der Waals surface area contributed by atoms with Gasteiger partial charge >= 0.3 is 0 Å². The molecule has 2 atom stereocenters. The molecule has 4 aromatic rings. The second-order valence-electron chi connectivity index (χ2n) is 9.91. The van der Waals surface area contributed by atoms with Gasteiger partial charge in [-0.2, -0.15) is 0 Å².